The number of halogens is 1. The molecule has 0 aliphatic heterocycles. The molecule has 1 amide bonds. The third-order valence-electron chi connectivity index (χ3n) is 2.57. The molecule has 0 aromatic heterocycles. The van der Waals surface area contributed by atoms with Crippen molar-refractivity contribution in [2.45, 2.75) is 13.8 Å². The molecular weight excluding hydrogens is 235 g/mol. The number of hydrogen-bond acceptors (Lipinski definition) is 3. The number of carbonyl (C=O) groups is 1. The van der Waals surface area contributed by atoms with Crippen LogP contribution in [0.3, 0.4) is 0 Å². The summed E-state index contributed by atoms with van der Waals surface area (Å²) in [6.45, 7) is 5.25. The molecule has 18 heavy (non-hydrogen) atoms. The van der Waals surface area contributed by atoms with Gasteiger partial charge < -0.3 is 15.4 Å². The Morgan fingerprint density at radius 1 is 1.50 bits per heavy atom. The monoisotopic (exact) mass is 254 g/mol. The Labute approximate surface area is 107 Å². The van der Waals surface area contributed by atoms with E-state index in [1.165, 1.54) is 25.3 Å². The number of hydrogen-bond donors (Lipinski definition) is 2. The van der Waals surface area contributed by atoms with E-state index in [1.807, 2.05) is 13.8 Å². The fourth-order valence-corrected chi connectivity index (χ4v) is 1.46. The van der Waals surface area contributed by atoms with Gasteiger partial charge in [0.25, 0.3) is 0 Å². The highest BCUT2D eigenvalue weighted by atomic mass is 19.1. The van der Waals surface area contributed by atoms with Gasteiger partial charge in [-0.2, -0.15) is 0 Å². The molecule has 0 radical (unpaired) electrons. The molecule has 100 valence electrons. The Hall–Kier alpha value is -1.62. The van der Waals surface area contributed by atoms with E-state index in [-0.39, 0.29) is 17.6 Å². The molecular formula is C13H19FN2O2. The van der Waals surface area contributed by atoms with E-state index in [0.717, 1.165) is 6.54 Å². The number of rotatable bonds is 6. The summed E-state index contributed by atoms with van der Waals surface area (Å²) in [5.41, 5.74) is 0.529. The zero-order chi connectivity index (χ0) is 13.5. The predicted molar refractivity (Wildman–Crippen MR) is 69.3 cm³/mol. The lowest BCUT2D eigenvalue weighted by Gasteiger charge is -2.13. The molecule has 0 aliphatic carbocycles. The van der Waals surface area contributed by atoms with E-state index in [1.54, 1.807) is 0 Å². The maximum Gasteiger partial charge on any atom is 0.228 e. The lowest BCUT2D eigenvalue weighted by molar-refractivity contribution is -0.119. The summed E-state index contributed by atoms with van der Waals surface area (Å²) in [6, 6.07) is 4.24. The van der Waals surface area contributed by atoms with Crippen molar-refractivity contribution in [3.63, 3.8) is 0 Å². The summed E-state index contributed by atoms with van der Waals surface area (Å²) in [5.74, 6) is -0.589. The zero-order valence-electron chi connectivity index (χ0n) is 10.9. The van der Waals surface area contributed by atoms with E-state index < -0.39 is 5.82 Å². The maximum atomic E-state index is 13.2. The summed E-state index contributed by atoms with van der Waals surface area (Å²) in [7, 11) is 1.39. The van der Waals surface area contributed by atoms with Gasteiger partial charge in [-0.15, -0.1) is 0 Å². The Kier molecular flexibility index (Phi) is 5.58. The van der Waals surface area contributed by atoms with Crippen molar-refractivity contribution in [2.75, 3.05) is 25.5 Å². The predicted octanol–water partition coefficient (Wildman–Crippen LogP) is 2.02. The minimum Gasteiger partial charge on any atom is -0.494 e. The van der Waals surface area contributed by atoms with Crippen molar-refractivity contribution in [3.05, 3.63) is 24.0 Å². The lowest BCUT2D eigenvalue weighted by Crippen LogP contribution is -2.30. The van der Waals surface area contributed by atoms with Crippen molar-refractivity contribution in [1.29, 1.82) is 0 Å². The van der Waals surface area contributed by atoms with Gasteiger partial charge in [-0.3, -0.25) is 4.79 Å². The van der Waals surface area contributed by atoms with Gasteiger partial charge in [0.1, 0.15) is 0 Å². The Balaban J connectivity index is 2.64. The normalized spacial score (nSPS) is 12.0. The average molecular weight is 254 g/mol. The van der Waals surface area contributed by atoms with E-state index in [2.05, 4.69) is 10.6 Å². The Morgan fingerprint density at radius 3 is 2.83 bits per heavy atom. The van der Waals surface area contributed by atoms with Gasteiger partial charge in [-0.25, -0.2) is 4.39 Å². The number of carbonyl (C=O) groups excluding carboxylic acids is 1. The summed E-state index contributed by atoms with van der Waals surface area (Å²) in [5, 5.41) is 5.83. The van der Waals surface area contributed by atoms with Crippen molar-refractivity contribution in [3.8, 4) is 5.75 Å². The van der Waals surface area contributed by atoms with Crippen LogP contribution < -0.4 is 15.4 Å². The summed E-state index contributed by atoms with van der Waals surface area (Å²) in [4.78, 5) is 11.8. The third kappa shape index (κ3) is 4.00. The van der Waals surface area contributed by atoms with Crippen LogP contribution in [0.15, 0.2) is 18.2 Å². The topological polar surface area (TPSA) is 50.4 Å². The van der Waals surface area contributed by atoms with Crippen LogP contribution in [-0.4, -0.2) is 26.1 Å². The molecule has 0 bridgehead atoms. The standard InChI is InChI=1S/C13H19FN2O2/c1-4-15-8-9(2)13(17)16-10-5-6-11(14)12(7-10)18-3/h5-7,9,15H,4,8H2,1-3H3,(H,16,17). The smallest absolute Gasteiger partial charge is 0.228 e. The highest BCUT2D eigenvalue weighted by Gasteiger charge is 2.13. The second-order valence-corrected chi connectivity index (χ2v) is 4.05. The van der Waals surface area contributed by atoms with E-state index in [9.17, 15) is 9.18 Å². The first-order valence-corrected chi connectivity index (χ1v) is 5.93. The maximum absolute atomic E-state index is 13.2. The summed E-state index contributed by atoms with van der Waals surface area (Å²) < 4.78 is 18.0. The molecule has 1 unspecified atom stereocenters. The summed E-state index contributed by atoms with van der Waals surface area (Å²) >= 11 is 0. The third-order valence-corrected chi connectivity index (χ3v) is 2.57. The fraction of sp³-hybridized carbons (Fsp3) is 0.462. The van der Waals surface area contributed by atoms with Gasteiger partial charge in [0.05, 0.1) is 7.11 Å². The van der Waals surface area contributed by atoms with E-state index in [4.69, 9.17) is 4.74 Å². The molecule has 1 aromatic rings. The van der Waals surface area contributed by atoms with Crippen molar-refractivity contribution in [2.24, 2.45) is 5.92 Å². The molecule has 1 atom stereocenters. The van der Waals surface area contributed by atoms with Crippen LogP contribution in [0.4, 0.5) is 10.1 Å². The first-order valence-electron chi connectivity index (χ1n) is 5.93. The second-order valence-electron chi connectivity index (χ2n) is 4.05. The van der Waals surface area contributed by atoms with Gasteiger partial charge in [-0.05, 0) is 18.7 Å². The first-order chi connectivity index (χ1) is 8.58. The fourth-order valence-electron chi connectivity index (χ4n) is 1.46. The van der Waals surface area contributed by atoms with Gasteiger partial charge >= 0.3 is 0 Å². The van der Waals surface area contributed by atoms with Crippen LogP contribution in [0.1, 0.15) is 13.8 Å². The van der Waals surface area contributed by atoms with Crippen LogP contribution in [0.2, 0.25) is 0 Å². The zero-order valence-corrected chi connectivity index (χ0v) is 10.9. The second kappa shape index (κ2) is 6.96. The molecule has 0 spiro atoms. The largest absolute Gasteiger partial charge is 0.494 e. The minimum absolute atomic E-state index is 0.107. The van der Waals surface area contributed by atoms with Crippen LogP contribution >= 0.6 is 0 Å². The molecule has 0 saturated carbocycles. The molecule has 0 fully saturated rings. The molecule has 5 heteroatoms. The highest BCUT2D eigenvalue weighted by Crippen LogP contribution is 2.21. The molecule has 0 aliphatic rings. The number of methoxy groups -OCH3 is 1. The Morgan fingerprint density at radius 2 is 2.22 bits per heavy atom. The summed E-state index contributed by atoms with van der Waals surface area (Å²) in [6.07, 6.45) is 0. The van der Waals surface area contributed by atoms with Crippen LogP contribution in [0, 0.1) is 11.7 Å². The van der Waals surface area contributed by atoms with Crippen LogP contribution in [0.5, 0.6) is 5.75 Å². The number of ether oxygens (including phenoxy) is 1. The average Bonchev–Trinajstić information content (AvgIpc) is 2.37. The molecule has 1 rings (SSSR count). The van der Waals surface area contributed by atoms with E-state index in [0.29, 0.717) is 12.2 Å². The minimum atomic E-state index is -0.448. The van der Waals surface area contributed by atoms with E-state index >= 15 is 0 Å². The van der Waals surface area contributed by atoms with Gasteiger partial charge in [0, 0.05) is 24.2 Å². The van der Waals surface area contributed by atoms with Crippen molar-refractivity contribution in [1.82, 2.24) is 5.32 Å². The highest BCUT2D eigenvalue weighted by molar-refractivity contribution is 5.92. The quantitative estimate of drug-likeness (QED) is 0.816. The van der Waals surface area contributed by atoms with Crippen molar-refractivity contribution < 1.29 is 13.9 Å². The van der Waals surface area contributed by atoms with Gasteiger partial charge in [0.2, 0.25) is 5.91 Å². The molecule has 0 heterocycles. The molecule has 1 aromatic carbocycles. The number of amides is 1. The molecule has 2 N–H and O–H groups in total. The first kappa shape index (κ1) is 14.4. The molecule has 0 saturated heterocycles. The van der Waals surface area contributed by atoms with Crippen LogP contribution in [0.25, 0.3) is 0 Å². The lowest BCUT2D eigenvalue weighted by atomic mass is 10.1. The SMILES string of the molecule is CCNCC(C)C(=O)Nc1ccc(F)c(OC)c1. The van der Waals surface area contributed by atoms with Gasteiger partial charge in [-0.1, -0.05) is 13.8 Å². The van der Waals surface area contributed by atoms with Gasteiger partial charge in [0.15, 0.2) is 11.6 Å². The molecule has 4 nitrogen and oxygen atoms in total. The van der Waals surface area contributed by atoms with Crippen LogP contribution in [-0.2, 0) is 4.79 Å². The number of benzene rings is 1. The Bertz CT molecular complexity index is 410. The number of anilines is 1. The number of nitrogens with one attached hydrogen (secondary N) is 2. The van der Waals surface area contributed by atoms with Crippen molar-refractivity contribution >= 4 is 11.6 Å².